The third-order valence-corrected chi connectivity index (χ3v) is 1.13. The van der Waals surface area contributed by atoms with Gasteiger partial charge >= 0.3 is 0 Å². The van der Waals surface area contributed by atoms with E-state index in [2.05, 4.69) is 44.1 Å². The summed E-state index contributed by atoms with van der Waals surface area (Å²) in [5.74, 6) is 0. The molecule has 0 unspecified atom stereocenters. The molecule has 16 heavy (non-hydrogen) atoms. The van der Waals surface area contributed by atoms with Crippen molar-refractivity contribution in [3.8, 4) is 0 Å². The number of rotatable bonds is 5. The first-order valence-corrected chi connectivity index (χ1v) is 6.37. The lowest BCUT2D eigenvalue weighted by Gasteiger charge is -1.90. The normalized spacial score (nSPS) is 7.50. The number of hydrogen-bond donors (Lipinski definition) is 4. The van der Waals surface area contributed by atoms with E-state index in [-0.39, 0.29) is 0 Å². The minimum Gasteiger partial charge on any atom is -0.333 e. The summed E-state index contributed by atoms with van der Waals surface area (Å²) in [6.45, 7) is 12.5. The van der Waals surface area contributed by atoms with Crippen molar-refractivity contribution in [3.05, 3.63) is 0 Å². The summed E-state index contributed by atoms with van der Waals surface area (Å²) in [7, 11) is 3.43. The zero-order valence-electron chi connectivity index (χ0n) is 12.4. The van der Waals surface area contributed by atoms with Crippen molar-refractivity contribution in [2.75, 3.05) is 40.3 Å². The van der Waals surface area contributed by atoms with Gasteiger partial charge in [0.05, 0.1) is 0 Å². The SMILES string of the molecule is CCC.CCNCC.CN.CNCCCN. The van der Waals surface area contributed by atoms with Crippen molar-refractivity contribution in [3.63, 3.8) is 0 Å². The predicted octanol–water partition coefficient (Wildman–Crippen LogP) is 1.16. The van der Waals surface area contributed by atoms with Gasteiger partial charge in [0.25, 0.3) is 0 Å². The van der Waals surface area contributed by atoms with Gasteiger partial charge in [-0.3, -0.25) is 0 Å². The van der Waals surface area contributed by atoms with Gasteiger partial charge in [-0.05, 0) is 46.7 Å². The van der Waals surface area contributed by atoms with E-state index in [1.807, 2.05) is 7.05 Å². The Morgan fingerprint density at radius 1 is 0.938 bits per heavy atom. The zero-order chi connectivity index (χ0) is 13.7. The van der Waals surface area contributed by atoms with Gasteiger partial charge < -0.3 is 22.1 Å². The first-order valence-electron chi connectivity index (χ1n) is 6.37. The Morgan fingerprint density at radius 2 is 1.31 bits per heavy atom. The van der Waals surface area contributed by atoms with Gasteiger partial charge in [0.1, 0.15) is 0 Å². The van der Waals surface area contributed by atoms with Crippen LogP contribution in [-0.2, 0) is 0 Å². The second kappa shape index (κ2) is 46.2. The van der Waals surface area contributed by atoms with Crippen molar-refractivity contribution in [1.29, 1.82) is 0 Å². The summed E-state index contributed by atoms with van der Waals surface area (Å²) in [6.07, 6.45) is 2.33. The van der Waals surface area contributed by atoms with Crippen molar-refractivity contribution in [2.24, 2.45) is 11.5 Å². The summed E-state index contributed by atoms with van der Waals surface area (Å²) >= 11 is 0. The van der Waals surface area contributed by atoms with Crippen LogP contribution in [0.3, 0.4) is 0 Å². The fourth-order valence-corrected chi connectivity index (χ4v) is 0.529. The molecule has 0 aromatic carbocycles. The molecule has 4 nitrogen and oxygen atoms in total. The van der Waals surface area contributed by atoms with E-state index in [9.17, 15) is 0 Å². The fraction of sp³-hybridized carbons (Fsp3) is 1.00. The highest BCUT2D eigenvalue weighted by Gasteiger charge is 1.73. The quantitative estimate of drug-likeness (QED) is 0.540. The van der Waals surface area contributed by atoms with E-state index >= 15 is 0 Å². The third kappa shape index (κ3) is 97.4. The number of hydrogen-bond acceptors (Lipinski definition) is 4. The van der Waals surface area contributed by atoms with Crippen LogP contribution in [0.2, 0.25) is 0 Å². The van der Waals surface area contributed by atoms with Crippen LogP contribution in [0.1, 0.15) is 40.5 Å². The molecule has 4 heteroatoms. The van der Waals surface area contributed by atoms with Crippen LogP contribution in [-0.4, -0.2) is 40.3 Å². The largest absolute Gasteiger partial charge is 0.333 e. The maximum atomic E-state index is 5.17. The van der Waals surface area contributed by atoms with Crippen LogP contribution in [0.4, 0.5) is 0 Å². The maximum absolute atomic E-state index is 5.17. The Hall–Kier alpha value is -0.160. The van der Waals surface area contributed by atoms with Gasteiger partial charge in [-0.1, -0.05) is 34.1 Å². The van der Waals surface area contributed by atoms with Crippen molar-refractivity contribution < 1.29 is 0 Å². The average Bonchev–Trinajstić information content (AvgIpc) is 2.32. The molecular weight excluding hydrogens is 200 g/mol. The highest BCUT2D eigenvalue weighted by molar-refractivity contribution is 4.38. The van der Waals surface area contributed by atoms with Gasteiger partial charge in [-0.2, -0.15) is 0 Å². The summed E-state index contributed by atoms with van der Waals surface area (Å²) < 4.78 is 0. The van der Waals surface area contributed by atoms with E-state index in [0.717, 1.165) is 32.6 Å². The second-order valence-corrected chi connectivity index (χ2v) is 2.91. The Bertz CT molecular complexity index is 55.0. The molecule has 0 bridgehead atoms. The van der Waals surface area contributed by atoms with Crippen LogP contribution in [0.25, 0.3) is 0 Å². The lowest BCUT2D eigenvalue weighted by molar-refractivity contribution is 0.733. The molecule has 0 saturated carbocycles. The topological polar surface area (TPSA) is 76.1 Å². The maximum Gasteiger partial charge on any atom is -0.00399 e. The van der Waals surface area contributed by atoms with Crippen molar-refractivity contribution in [1.82, 2.24) is 10.6 Å². The minimum absolute atomic E-state index is 0.792. The van der Waals surface area contributed by atoms with Crippen molar-refractivity contribution >= 4 is 0 Å². The first-order chi connectivity index (χ1) is 7.74. The van der Waals surface area contributed by atoms with E-state index in [4.69, 9.17) is 5.73 Å². The minimum atomic E-state index is 0.792. The van der Waals surface area contributed by atoms with E-state index < -0.39 is 0 Å². The molecule has 0 aromatic rings. The van der Waals surface area contributed by atoms with Gasteiger partial charge in [0, 0.05) is 0 Å². The summed E-state index contributed by atoms with van der Waals surface area (Å²) in [4.78, 5) is 0. The Kier molecular flexibility index (Phi) is 71.9. The predicted molar refractivity (Wildman–Crippen MR) is 77.9 cm³/mol. The molecule has 104 valence electrons. The standard InChI is InChI=1S/C4H12N2.C4H11N.C3H8.CH5N/c1-6-4-2-3-5;1-3-5-4-2;1-3-2;1-2/h6H,2-5H2,1H3;5H,3-4H2,1-2H3;3H2,1-2H3;2H2,1H3. The van der Waals surface area contributed by atoms with Crippen LogP contribution < -0.4 is 22.1 Å². The Balaban J connectivity index is -0.0000000653. The third-order valence-electron chi connectivity index (χ3n) is 1.13. The molecule has 0 spiro atoms. The fourth-order valence-electron chi connectivity index (χ4n) is 0.529. The highest BCUT2D eigenvalue weighted by Crippen LogP contribution is 1.63. The van der Waals surface area contributed by atoms with Crippen LogP contribution in [0.15, 0.2) is 0 Å². The molecule has 0 aromatic heterocycles. The van der Waals surface area contributed by atoms with E-state index in [1.54, 1.807) is 0 Å². The average molecular weight is 236 g/mol. The monoisotopic (exact) mass is 236 g/mol. The molecule has 0 amide bonds. The molecule has 6 N–H and O–H groups in total. The lowest BCUT2D eigenvalue weighted by atomic mass is 10.4. The zero-order valence-corrected chi connectivity index (χ0v) is 12.4. The second-order valence-electron chi connectivity index (χ2n) is 2.91. The summed E-state index contributed by atoms with van der Waals surface area (Å²) in [5.41, 5.74) is 9.67. The molecule has 0 fully saturated rings. The molecule has 0 atom stereocenters. The van der Waals surface area contributed by atoms with E-state index in [0.29, 0.717) is 0 Å². The molecule has 0 aliphatic rings. The lowest BCUT2D eigenvalue weighted by Crippen LogP contribution is -2.12. The Labute approximate surface area is 104 Å². The van der Waals surface area contributed by atoms with Gasteiger partial charge in [-0.25, -0.2) is 0 Å². The summed E-state index contributed by atoms with van der Waals surface area (Å²) in [5, 5.41) is 6.10. The molecule has 0 saturated heterocycles. The van der Waals surface area contributed by atoms with Crippen molar-refractivity contribution in [2.45, 2.75) is 40.5 Å². The Morgan fingerprint density at radius 3 is 1.38 bits per heavy atom. The van der Waals surface area contributed by atoms with Crippen LogP contribution in [0.5, 0.6) is 0 Å². The molecule has 0 radical (unpaired) electrons. The first kappa shape index (κ1) is 24.9. The van der Waals surface area contributed by atoms with E-state index in [1.165, 1.54) is 13.5 Å². The molecule has 0 rings (SSSR count). The van der Waals surface area contributed by atoms with Gasteiger partial charge in [0.2, 0.25) is 0 Å². The number of nitrogens with one attached hydrogen (secondary N) is 2. The van der Waals surface area contributed by atoms with Crippen LogP contribution >= 0.6 is 0 Å². The smallest absolute Gasteiger partial charge is 0.00399 e. The highest BCUT2D eigenvalue weighted by atomic mass is 14.8. The molecule has 0 aliphatic heterocycles. The summed E-state index contributed by atoms with van der Waals surface area (Å²) in [6, 6.07) is 0. The number of nitrogens with two attached hydrogens (primary N) is 2. The molecule has 0 heterocycles. The van der Waals surface area contributed by atoms with Gasteiger partial charge in [0.15, 0.2) is 0 Å². The molecule has 0 aliphatic carbocycles. The van der Waals surface area contributed by atoms with Crippen LogP contribution in [0, 0.1) is 0 Å². The molecular formula is C12H36N4. The van der Waals surface area contributed by atoms with Gasteiger partial charge in [-0.15, -0.1) is 0 Å².